The average molecular weight is 341 g/mol. The highest BCUT2D eigenvalue weighted by molar-refractivity contribution is 7.90. The quantitative estimate of drug-likeness (QED) is 0.842. The van der Waals surface area contributed by atoms with Crippen molar-refractivity contribution in [2.75, 3.05) is 24.4 Å². The van der Waals surface area contributed by atoms with Gasteiger partial charge in [0.2, 0.25) is 0 Å². The molecule has 0 saturated carbocycles. The Balaban J connectivity index is 2.11. The number of rotatable bonds is 5. The van der Waals surface area contributed by atoms with Crippen LogP contribution in [0.3, 0.4) is 0 Å². The molecule has 0 radical (unpaired) electrons. The van der Waals surface area contributed by atoms with Crippen LogP contribution in [0.25, 0.3) is 0 Å². The lowest BCUT2D eigenvalue weighted by molar-refractivity contribution is -0.0124. The van der Waals surface area contributed by atoms with Crippen LogP contribution in [-0.2, 0) is 14.9 Å². The Morgan fingerprint density at radius 3 is 2.78 bits per heavy atom. The maximum atomic E-state index is 12.5. The first-order valence-electron chi connectivity index (χ1n) is 7.58. The van der Waals surface area contributed by atoms with E-state index in [9.17, 15) is 13.2 Å². The van der Waals surface area contributed by atoms with Gasteiger partial charge >= 0.3 is 0 Å². The molecule has 0 spiro atoms. The highest BCUT2D eigenvalue weighted by Gasteiger charge is 2.23. The van der Waals surface area contributed by atoms with Crippen molar-refractivity contribution in [1.82, 2.24) is 9.62 Å². The molecule has 8 heteroatoms. The molecule has 2 N–H and O–H groups in total. The Kier molecular flexibility index (Phi) is 5.61. The van der Waals surface area contributed by atoms with Crippen LogP contribution in [0.15, 0.2) is 24.3 Å². The number of hydrogen-bond donors (Lipinski definition) is 2. The van der Waals surface area contributed by atoms with Gasteiger partial charge in [-0.2, -0.15) is 13.1 Å². The first-order chi connectivity index (χ1) is 10.8. The second-order valence-electron chi connectivity index (χ2n) is 5.89. The Bertz CT molecular complexity index is 660. The number of anilines is 1. The van der Waals surface area contributed by atoms with E-state index in [0.717, 1.165) is 0 Å². The van der Waals surface area contributed by atoms with Gasteiger partial charge in [-0.25, -0.2) is 0 Å². The first kappa shape index (κ1) is 17.7. The second kappa shape index (κ2) is 7.29. The molecule has 1 unspecified atom stereocenters. The molecule has 1 aliphatic heterocycles. The fourth-order valence-corrected chi connectivity index (χ4v) is 3.51. The number of carbonyl (C=O) groups excluding carboxylic acids is 1. The van der Waals surface area contributed by atoms with E-state index in [1.54, 1.807) is 43.0 Å². The van der Waals surface area contributed by atoms with Crippen molar-refractivity contribution in [3.8, 4) is 0 Å². The van der Waals surface area contributed by atoms with E-state index < -0.39 is 10.2 Å². The minimum absolute atomic E-state index is 0.00428. The van der Waals surface area contributed by atoms with Crippen LogP contribution in [-0.4, -0.2) is 51.1 Å². The number of nitrogens with zero attached hydrogens (tertiary/aromatic N) is 1. The van der Waals surface area contributed by atoms with E-state index >= 15 is 0 Å². The summed E-state index contributed by atoms with van der Waals surface area (Å²) in [5, 5.41) is 0. The monoisotopic (exact) mass is 341 g/mol. The highest BCUT2D eigenvalue weighted by atomic mass is 32.2. The van der Waals surface area contributed by atoms with Gasteiger partial charge in [0.25, 0.3) is 16.1 Å². The minimum Gasteiger partial charge on any atom is -0.375 e. The number of nitrogens with one attached hydrogen (secondary N) is 2. The Morgan fingerprint density at radius 2 is 2.13 bits per heavy atom. The Morgan fingerprint density at radius 1 is 1.39 bits per heavy atom. The molecular formula is C15H23N3O4S. The summed E-state index contributed by atoms with van der Waals surface area (Å²) in [5.41, 5.74) is 0.800. The fourth-order valence-electron chi connectivity index (χ4n) is 2.40. The third kappa shape index (κ3) is 5.19. The molecule has 7 nitrogen and oxygen atoms in total. The molecule has 1 saturated heterocycles. The lowest BCUT2D eigenvalue weighted by Crippen LogP contribution is -2.44. The largest absolute Gasteiger partial charge is 0.375 e. The van der Waals surface area contributed by atoms with E-state index in [0.29, 0.717) is 30.9 Å². The lowest BCUT2D eigenvalue weighted by atomic mass is 10.1. The number of morpholine rings is 1. The normalized spacial score (nSPS) is 19.0. The standard InChI is InChI=1S/C15H23N3O4S/c1-11(2)16-23(20,21)17-14-6-4-5-13(9-14)15(19)18-7-8-22-12(3)10-18/h4-6,9,11-12,16-17H,7-8,10H2,1-3H3. The summed E-state index contributed by atoms with van der Waals surface area (Å²) in [6, 6.07) is 6.27. The Labute approximate surface area is 137 Å². The maximum absolute atomic E-state index is 12.5. The van der Waals surface area contributed by atoms with E-state index in [1.165, 1.54) is 0 Å². The van der Waals surface area contributed by atoms with Crippen LogP contribution in [0.5, 0.6) is 0 Å². The van der Waals surface area contributed by atoms with Gasteiger partial charge in [-0.05, 0) is 39.0 Å². The number of ether oxygens (including phenoxy) is 1. The van der Waals surface area contributed by atoms with Crippen molar-refractivity contribution < 1.29 is 17.9 Å². The molecule has 1 amide bonds. The van der Waals surface area contributed by atoms with Gasteiger partial charge in [0.15, 0.2) is 0 Å². The van der Waals surface area contributed by atoms with Gasteiger partial charge in [0, 0.05) is 24.7 Å². The summed E-state index contributed by atoms with van der Waals surface area (Å²) in [4.78, 5) is 14.2. The molecule has 1 aliphatic rings. The molecular weight excluding hydrogens is 318 g/mol. The third-order valence-corrected chi connectivity index (χ3v) is 4.57. The maximum Gasteiger partial charge on any atom is 0.299 e. The predicted octanol–water partition coefficient (Wildman–Crippen LogP) is 1.20. The van der Waals surface area contributed by atoms with Crippen molar-refractivity contribution >= 4 is 21.8 Å². The summed E-state index contributed by atoms with van der Waals surface area (Å²) < 4.78 is 34.1. The van der Waals surface area contributed by atoms with E-state index in [1.807, 2.05) is 6.92 Å². The van der Waals surface area contributed by atoms with Crippen LogP contribution < -0.4 is 9.44 Å². The topological polar surface area (TPSA) is 87.7 Å². The van der Waals surface area contributed by atoms with Crippen molar-refractivity contribution in [3.05, 3.63) is 29.8 Å². The SMILES string of the molecule is CC(C)NS(=O)(=O)Nc1cccc(C(=O)N2CCOC(C)C2)c1. The van der Waals surface area contributed by atoms with Crippen LogP contribution in [0, 0.1) is 0 Å². The molecule has 23 heavy (non-hydrogen) atoms. The van der Waals surface area contributed by atoms with E-state index in [4.69, 9.17) is 4.74 Å². The molecule has 0 aliphatic carbocycles. The fraction of sp³-hybridized carbons (Fsp3) is 0.533. The van der Waals surface area contributed by atoms with Crippen molar-refractivity contribution in [2.24, 2.45) is 0 Å². The summed E-state index contributed by atoms with van der Waals surface area (Å²) in [6.45, 7) is 6.97. The minimum atomic E-state index is -3.65. The highest BCUT2D eigenvalue weighted by Crippen LogP contribution is 2.16. The van der Waals surface area contributed by atoms with Gasteiger partial charge in [0.05, 0.1) is 18.4 Å². The summed E-state index contributed by atoms with van der Waals surface area (Å²) >= 11 is 0. The zero-order valence-electron chi connectivity index (χ0n) is 13.6. The molecule has 0 bridgehead atoms. The molecule has 1 atom stereocenters. The first-order valence-corrected chi connectivity index (χ1v) is 9.06. The van der Waals surface area contributed by atoms with Crippen LogP contribution >= 0.6 is 0 Å². The third-order valence-electron chi connectivity index (χ3n) is 3.28. The molecule has 1 aromatic carbocycles. The number of benzene rings is 1. The van der Waals surface area contributed by atoms with Crippen molar-refractivity contribution in [2.45, 2.75) is 32.9 Å². The van der Waals surface area contributed by atoms with Gasteiger partial charge < -0.3 is 9.64 Å². The summed E-state index contributed by atoms with van der Waals surface area (Å²) in [6.07, 6.45) is 0.00428. The molecule has 1 heterocycles. The molecule has 128 valence electrons. The molecule has 2 rings (SSSR count). The number of carbonyl (C=O) groups is 1. The average Bonchev–Trinajstić information content (AvgIpc) is 2.44. The smallest absolute Gasteiger partial charge is 0.299 e. The summed E-state index contributed by atoms with van der Waals surface area (Å²) in [7, 11) is -3.65. The predicted molar refractivity (Wildman–Crippen MR) is 88.6 cm³/mol. The molecule has 1 fully saturated rings. The number of hydrogen-bond acceptors (Lipinski definition) is 4. The number of amides is 1. The zero-order valence-corrected chi connectivity index (χ0v) is 14.4. The van der Waals surface area contributed by atoms with E-state index in [2.05, 4.69) is 9.44 Å². The second-order valence-corrected chi connectivity index (χ2v) is 7.34. The van der Waals surface area contributed by atoms with Gasteiger partial charge in [-0.3, -0.25) is 9.52 Å². The Hall–Kier alpha value is -1.64. The van der Waals surface area contributed by atoms with Crippen LogP contribution in [0.2, 0.25) is 0 Å². The van der Waals surface area contributed by atoms with Crippen molar-refractivity contribution in [1.29, 1.82) is 0 Å². The zero-order chi connectivity index (χ0) is 17.0. The lowest BCUT2D eigenvalue weighted by Gasteiger charge is -2.31. The van der Waals surface area contributed by atoms with Gasteiger partial charge in [0.1, 0.15) is 0 Å². The van der Waals surface area contributed by atoms with Crippen LogP contribution in [0.4, 0.5) is 5.69 Å². The van der Waals surface area contributed by atoms with Crippen LogP contribution in [0.1, 0.15) is 31.1 Å². The molecule has 0 aromatic heterocycles. The summed E-state index contributed by atoms with van der Waals surface area (Å²) in [5.74, 6) is -0.127. The van der Waals surface area contributed by atoms with Crippen molar-refractivity contribution in [3.63, 3.8) is 0 Å². The van der Waals surface area contributed by atoms with E-state index in [-0.39, 0.29) is 18.1 Å². The van der Waals surface area contributed by atoms with Gasteiger partial charge in [-0.15, -0.1) is 0 Å². The molecule has 1 aromatic rings. The van der Waals surface area contributed by atoms with Gasteiger partial charge in [-0.1, -0.05) is 6.07 Å².